The number of nitrogens with one attached hydrogen (secondary N) is 2. The van der Waals surface area contributed by atoms with E-state index in [-0.39, 0.29) is 0 Å². The normalized spacial score (nSPS) is 11.1. The van der Waals surface area contributed by atoms with Crippen LogP contribution in [0.2, 0.25) is 5.02 Å². The number of halogens is 1. The van der Waals surface area contributed by atoms with Gasteiger partial charge in [0, 0.05) is 28.6 Å². The molecule has 0 aliphatic rings. The van der Waals surface area contributed by atoms with Gasteiger partial charge in [-0.2, -0.15) is 0 Å². The van der Waals surface area contributed by atoms with Crippen molar-refractivity contribution < 1.29 is 13.2 Å². The predicted octanol–water partition coefficient (Wildman–Crippen LogP) is 5.49. The molecule has 172 valence electrons. The molecule has 0 bridgehead atoms. The van der Waals surface area contributed by atoms with Crippen molar-refractivity contribution in [3.05, 3.63) is 82.7 Å². The third-order valence-corrected chi connectivity index (χ3v) is 5.91. The van der Waals surface area contributed by atoms with Gasteiger partial charge in [-0.15, -0.1) is 10.2 Å². The van der Waals surface area contributed by atoms with Crippen LogP contribution in [-0.4, -0.2) is 32.0 Å². The first-order chi connectivity index (χ1) is 16.3. The second kappa shape index (κ2) is 9.55. The largest absolute Gasteiger partial charge is 0.495 e. The van der Waals surface area contributed by atoms with E-state index in [1.54, 1.807) is 43.5 Å². The lowest BCUT2D eigenvalue weighted by molar-refractivity contribution is 0.415. The van der Waals surface area contributed by atoms with E-state index >= 15 is 0 Å². The average molecular weight is 494 g/mol. The van der Waals surface area contributed by atoms with E-state index in [4.69, 9.17) is 22.9 Å². The van der Waals surface area contributed by atoms with Crippen molar-refractivity contribution in [2.24, 2.45) is 0 Å². The number of aromatic nitrogens is 2. The Balaban J connectivity index is 1.73. The Morgan fingerprint density at radius 2 is 1.88 bits per heavy atom. The maximum absolute atomic E-state index is 11.6. The van der Waals surface area contributed by atoms with Crippen molar-refractivity contribution in [3.63, 3.8) is 0 Å². The molecule has 0 fully saturated rings. The minimum Gasteiger partial charge on any atom is -0.495 e. The van der Waals surface area contributed by atoms with Crippen LogP contribution in [0.4, 0.5) is 17.2 Å². The average Bonchev–Trinajstić information content (AvgIpc) is 2.81. The summed E-state index contributed by atoms with van der Waals surface area (Å²) in [6.45, 7) is 7.83. The number of nitrogens with zero attached hydrogens (tertiary/aromatic N) is 3. The van der Waals surface area contributed by atoms with E-state index in [1.807, 2.05) is 24.3 Å². The van der Waals surface area contributed by atoms with E-state index in [2.05, 4.69) is 25.1 Å². The number of hydrogen-bond acceptors (Lipinski definition) is 6. The smallest absolute Gasteiger partial charge is 0.229 e. The van der Waals surface area contributed by atoms with Gasteiger partial charge in [-0.1, -0.05) is 41.9 Å². The number of anilines is 2. The molecular formula is C24H20ClN5O3S. The molecule has 1 aromatic heterocycles. The number of ether oxygens (including phenoxy) is 1. The quantitative estimate of drug-likeness (QED) is 0.330. The molecule has 10 heteroatoms. The van der Waals surface area contributed by atoms with Crippen LogP contribution in [-0.2, 0) is 16.6 Å². The van der Waals surface area contributed by atoms with Crippen molar-refractivity contribution in [3.8, 4) is 17.0 Å². The number of benzene rings is 3. The van der Waals surface area contributed by atoms with Gasteiger partial charge in [-0.25, -0.2) is 13.3 Å². The highest BCUT2D eigenvalue weighted by Gasteiger charge is 2.13. The van der Waals surface area contributed by atoms with Crippen LogP contribution in [0.3, 0.4) is 0 Å². The second-order valence-corrected chi connectivity index (χ2v) is 9.67. The molecule has 34 heavy (non-hydrogen) atoms. The molecule has 8 nitrogen and oxygen atoms in total. The monoisotopic (exact) mass is 493 g/mol. The number of fused-ring (bicyclic) bond motifs is 1. The van der Waals surface area contributed by atoms with E-state index in [0.29, 0.717) is 45.8 Å². The summed E-state index contributed by atoms with van der Waals surface area (Å²) in [5.74, 6) is 1.11. The number of rotatable bonds is 7. The van der Waals surface area contributed by atoms with Crippen LogP contribution >= 0.6 is 11.6 Å². The first-order valence-electron chi connectivity index (χ1n) is 10.1. The van der Waals surface area contributed by atoms with E-state index in [9.17, 15) is 8.42 Å². The highest BCUT2D eigenvalue weighted by Crippen LogP contribution is 2.34. The minimum atomic E-state index is -3.42. The Bertz CT molecular complexity index is 1530. The van der Waals surface area contributed by atoms with E-state index in [0.717, 1.165) is 22.6 Å². The maximum atomic E-state index is 11.6. The van der Waals surface area contributed by atoms with Gasteiger partial charge in [-0.3, -0.25) is 4.72 Å². The Kier molecular flexibility index (Phi) is 6.54. The first kappa shape index (κ1) is 23.3. The molecule has 0 unspecified atom stereocenters. The standard InChI is InChI=1S/C24H20ClN5O3S/c1-26-17-8-9-19-20(13-17)24(27-14-15-7-10-22(33-2)21(25)11-15)29-28-23(19)16-5-4-6-18(12-16)30-34(3,31)32/h4-13,30H,14H2,2-3H3,(H,27,29). The van der Waals surface area contributed by atoms with E-state index in [1.165, 1.54) is 0 Å². The molecular weight excluding hydrogens is 474 g/mol. The zero-order valence-corrected chi connectivity index (χ0v) is 19.9. The van der Waals surface area contributed by atoms with Gasteiger partial charge in [0.15, 0.2) is 11.5 Å². The van der Waals surface area contributed by atoms with Crippen LogP contribution in [0.25, 0.3) is 26.9 Å². The molecule has 0 saturated carbocycles. The molecule has 0 radical (unpaired) electrons. The third-order valence-electron chi connectivity index (χ3n) is 5.01. The number of methoxy groups -OCH3 is 1. The molecule has 4 rings (SSSR count). The summed E-state index contributed by atoms with van der Waals surface area (Å²) in [5, 5.41) is 14.1. The summed E-state index contributed by atoms with van der Waals surface area (Å²) >= 11 is 6.23. The van der Waals surface area contributed by atoms with Crippen molar-refractivity contribution in [2.45, 2.75) is 6.54 Å². The van der Waals surface area contributed by atoms with Crippen molar-refractivity contribution >= 4 is 49.6 Å². The zero-order chi connectivity index (χ0) is 24.3. The van der Waals surface area contributed by atoms with Crippen LogP contribution in [0.15, 0.2) is 60.7 Å². The van der Waals surface area contributed by atoms with Crippen LogP contribution in [0.5, 0.6) is 5.75 Å². The van der Waals surface area contributed by atoms with Crippen LogP contribution < -0.4 is 14.8 Å². The zero-order valence-electron chi connectivity index (χ0n) is 18.3. The molecule has 0 spiro atoms. The lowest BCUT2D eigenvalue weighted by Crippen LogP contribution is -2.09. The van der Waals surface area contributed by atoms with Gasteiger partial charge in [0.2, 0.25) is 10.0 Å². The molecule has 0 aliphatic heterocycles. The van der Waals surface area contributed by atoms with Gasteiger partial charge < -0.3 is 10.1 Å². The topological polar surface area (TPSA) is 97.6 Å². The molecule has 0 amide bonds. The molecule has 0 atom stereocenters. The fraction of sp³-hybridized carbons (Fsp3) is 0.125. The van der Waals surface area contributed by atoms with Crippen LogP contribution in [0, 0.1) is 6.57 Å². The van der Waals surface area contributed by atoms with Crippen LogP contribution in [0.1, 0.15) is 5.56 Å². The highest BCUT2D eigenvalue weighted by molar-refractivity contribution is 7.92. The predicted molar refractivity (Wildman–Crippen MR) is 135 cm³/mol. The summed E-state index contributed by atoms with van der Waals surface area (Å²) in [6.07, 6.45) is 1.09. The van der Waals surface area contributed by atoms with Crippen molar-refractivity contribution in [1.29, 1.82) is 0 Å². The Hall–Kier alpha value is -3.87. The summed E-state index contributed by atoms with van der Waals surface area (Å²) < 4.78 is 30.9. The summed E-state index contributed by atoms with van der Waals surface area (Å²) in [5.41, 5.74) is 3.07. The molecule has 1 heterocycles. The molecule has 0 aliphatic carbocycles. The molecule has 0 saturated heterocycles. The Labute approximate surface area is 202 Å². The maximum Gasteiger partial charge on any atom is 0.229 e. The van der Waals surface area contributed by atoms with E-state index < -0.39 is 10.0 Å². The lowest BCUT2D eigenvalue weighted by atomic mass is 10.0. The first-order valence-corrected chi connectivity index (χ1v) is 12.4. The summed E-state index contributed by atoms with van der Waals surface area (Å²) in [4.78, 5) is 3.53. The Morgan fingerprint density at radius 3 is 2.59 bits per heavy atom. The fourth-order valence-electron chi connectivity index (χ4n) is 3.51. The highest BCUT2D eigenvalue weighted by atomic mass is 35.5. The van der Waals surface area contributed by atoms with Crippen molar-refractivity contribution in [2.75, 3.05) is 23.4 Å². The van der Waals surface area contributed by atoms with Gasteiger partial charge in [-0.05, 0) is 35.9 Å². The minimum absolute atomic E-state index is 0.423. The molecule has 3 aromatic carbocycles. The van der Waals surface area contributed by atoms with Gasteiger partial charge in [0.05, 0.1) is 25.0 Å². The number of hydrogen-bond donors (Lipinski definition) is 2. The fourth-order valence-corrected chi connectivity index (χ4v) is 4.34. The van der Waals surface area contributed by atoms with Gasteiger partial charge >= 0.3 is 0 Å². The lowest BCUT2D eigenvalue weighted by Gasteiger charge is -2.13. The third kappa shape index (κ3) is 5.20. The second-order valence-electron chi connectivity index (χ2n) is 7.52. The number of sulfonamides is 1. The SMILES string of the molecule is [C-]#[N+]c1ccc2c(-c3cccc(NS(C)(=O)=O)c3)nnc(NCc3ccc(OC)c(Cl)c3)c2c1. The van der Waals surface area contributed by atoms with Gasteiger partial charge in [0.1, 0.15) is 11.4 Å². The molecule has 2 N–H and O–H groups in total. The summed E-state index contributed by atoms with van der Waals surface area (Å²) in [7, 11) is -1.86. The van der Waals surface area contributed by atoms with Gasteiger partial charge in [0.25, 0.3) is 0 Å². The van der Waals surface area contributed by atoms with Crippen molar-refractivity contribution in [1.82, 2.24) is 10.2 Å². The Morgan fingerprint density at radius 1 is 1.06 bits per heavy atom. The molecule has 4 aromatic rings. The summed E-state index contributed by atoms with van der Waals surface area (Å²) in [6, 6.07) is 17.7.